The SMILES string of the molecule is CCOC(=O)c1ccc(NC(=O)CCCl)c(C)c1. The third-order valence-electron chi connectivity index (χ3n) is 2.33. The molecule has 0 radical (unpaired) electrons. The highest BCUT2D eigenvalue weighted by atomic mass is 35.5. The predicted octanol–water partition coefficient (Wildman–Crippen LogP) is 2.74. The van der Waals surface area contributed by atoms with Crippen LogP contribution >= 0.6 is 11.6 Å². The van der Waals surface area contributed by atoms with E-state index in [1.165, 1.54) is 0 Å². The van der Waals surface area contributed by atoms with Gasteiger partial charge in [0.1, 0.15) is 0 Å². The number of ether oxygens (including phenoxy) is 1. The van der Waals surface area contributed by atoms with Crippen molar-refractivity contribution in [2.45, 2.75) is 20.3 Å². The van der Waals surface area contributed by atoms with Gasteiger partial charge in [-0.3, -0.25) is 4.79 Å². The van der Waals surface area contributed by atoms with Crippen LogP contribution in [0, 0.1) is 6.92 Å². The lowest BCUT2D eigenvalue weighted by Gasteiger charge is -2.09. The Bertz CT molecular complexity index is 446. The van der Waals surface area contributed by atoms with Crippen molar-refractivity contribution in [3.63, 3.8) is 0 Å². The van der Waals surface area contributed by atoms with Gasteiger partial charge in [-0.2, -0.15) is 0 Å². The molecule has 1 amide bonds. The van der Waals surface area contributed by atoms with E-state index in [9.17, 15) is 9.59 Å². The molecular weight excluding hydrogens is 254 g/mol. The zero-order valence-electron chi connectivity index (χ0n) is 10.5. The highest BCUT2D eigenvalue weighted by molar-refractivity contribution is 6.19. The minimum atomic E-state index is -0.362. The van der Waals surface area contributed by atoms with Crippen molar-refractivity contribution in [1.29, 1.82) is 0 Å². The Morgan fingerprint density at radius 3 is 2.67 bits per heavy atom. The number of hydrogen-bond acceptors (Lipinski definition) is 3. The van der Waals surface area contributed by atoms with Gasteiger partial charge in [-0.05, 0) is 37.6 Å². The number of anilines is 1. The van der Waals surface area contributed by atoms with Crippen molar-refractivity contribution in [1.82, 2.24) is 0 Å². The quantitative estimate of drug-likeness (QED) is 0.660. The first-order valence-electron chi connectivity index (χ1n) is 5.72. The number of aryl methyl sites for hydroxylation is 1. The van der Waals surface area contributed by atoms with Gasteiger partial charge in [-0.15, -0.1) is 11.6 Å². The molecule has 0 bridgehead atoms. The number of amides is 1. The van der Waals surface area contributed by atoms with Crippen molar-refractivity contribution in [2.24, 2.45) is 0 Å². The average molecular weight is 270 g/mol. The summed E-state index contributed by atoms with van der Waals surface area (Å²) in [5, 5.41) is 2.73. The van der Waals surface area contributed by atoms with E-state index in [-0.39, 0.29) is 24.2 Å². The van der Waals surface area contributed by atoms with E-state index in [2.05, 4.69) is 5.32 Å². The Morgan fingerprint density at radius 1 is 1.39 bits per heavy atom. The van der Waals surface area contributed by atoms with Crippen LogP contribution in [0.1, 0.15) is 29.3 Å². The molecule has 0 aliphatic heterocycles. The Balaban J connectivity index is 2.79. The second-order valence-corrected chi connectivity index (χ2v) is 4.12. The molecule has 0 unspecified atom stereocenters. The molecule has 0 fully saturated rings. The van der Waals surface area contributed by atoms with Crippen molar-refractivity contribution < 1.29 is 14.3 Å². The molecule has 0 aromatic heterocycles. The molecule has 1 N–H and O–H groups in total. The lowest BCUT2D eigenvalue weighted by Crippen LogP contribution is -2.13. The van der Waals surface area contributed by atoms with E-state index in [4.69, 9.17) is 16.3 Å². The Hall–Kier alpha value is -1.55. The van der Waals surface area contributed by atoms with Crippen LogP contribution in [0.3, 0.4) is 0 Å². The number of esters is 1. The van der Waals surface area contributed by atoms with E-state index < -0.39 is 0 Å². The number of hydrogen-bond donors (Lipinski definition) is 1. The summed E-state index contributed by atoms with van der Waals surface area (Å²) < 4.78 is 4.90. The normalized spacial score (nSPS) is 9.94. The summed E-state index contributed by atoms with van der Waals surface area (Å²) in [5.74, 6) is -0.220. The van der Waals surface area contributed by atoms with Crippen molar-refractivity contribution in [2.75, 3.05) is 17.8 Å². The minimum Gasteiger partial charge on any atom is -0.462 e. The van der Waals surface area contributed by atoms with E-state index in [0.29, 0.717) is 17.9 Å². The maximum Gasteiger partial charge on any atom is 0.338 e. The van der Waals surface area contributed by atoms with E-state index in [0.717, 1.165) is 5.56 Å². The van der Waals surface area contributed by atoms with Crippen LogP contribution in [0.25, 0.3) is 0 Å². The number of rotatable bonds is 5. The summed E-state index contributed by atoms with van der Waals surface area (Å²) in [6, 6.07) is 5.00. The summed E-state index contributed by atoms with van der Waals surface area (Å²) >= 11 is 5.48. The van der Waals surface area contributed by atoms with Crippen LogP contribution in [0.5, 0.6) is 0 Å². The predicted molar refractivity (Wildman–Crippen MR) is 71.1 cm³/mol. The van der Waals surface area contributed by atoms with Gasteiger partial charge in [0.05, 0.1) is 12.2 Å². The number of carbonyl (C=O) groups excluding carboxylic acids is 2. The zero-order valence-corrected chi connectivity index (χ0v) is 11.2. The smallest absolute Gasteiger partial charge is 0.338 e. The third-order valence-corrected chi connectivity index (χ3v) is 2.52. The third kappa shape index (κ3) is 4.04. The maximum atomic E-state index is 11.5. The van der Waals surface area contributed by atoms with E-state index in [1.54, 1.807) is 25.1 Å². The topological polar surface area (TPSA) is 55.4 Å². The second-order valence-electron chi connectivity index (χ2n) is 3.74. The number of carbonyl (C=O) groups is 2. The molecule has 1 aromatic carbocycles. The first-order valence-corrected chi connectivity index (χ1v) is 6.25. The lowest BCUT2D eigenvalue weighted by molar-refractivity contribution is -0.115. The molecule has 0 heterocycles. The maximum absolute atomic E-state index is 11.5. The Labute approximate surface area is 111 Å². The largest absolute Gasteiger partial charge is 0.462 e. The molecule has 1 rings (SSSR count). The first kappa shape index (κ1) is 14.5. The fourth-order valence-electron chi connectivity index (χ4n) is 1.44. The zero-order chi connectivity index (χ0) is 13.5. The number of benzene rings is 1. The average Bonchev–Trinajstić information content (AvgIpc) is 2.32. The monoisotopic (exact) mass is 269 g/mol. The van der Waals surface area contributed by atoms with Crippen LogP contribution in [0.2, 0.25) is 0 Å². The molecule has 18 heavy (non-hydrogen) atoms. The summed E-state index contributed by atoms with van der Waals surface area (Å²) in [4.78, 5) is 22.9. The molecule has 0 saturated carbocycles. The summed E-state index contributed by atoms with van der Waals surface area (Å²) in [7, 11) is 0. The molecule has 0 aliphatic rings. The van der Waals surface area contributed by atoms with Crippen molar-refractivity contribution in [3.05, 3.63) is 29.3 Å². The number of halogens is 1. The van der Waals surface area contributed by atoms with Crippen LogP contribution in [-0.4, -0.2) is 24.4 Å². The number of alkyl halides is 1. The standard InChI is InChI=1S/C13H16ClNO3/c1-3-18-13(17)10-4-5-11(9(2)8-10)15-12(16)6-7-14/h4-5,8H,3,6-7H2,1-2H3,(H,15,16). The van der Waals surface area contributed by atoms with Gasteiger partial charge < -0.3 is 10.1 Å². The van der Waals surface area contributed by atoms with Crippen LogP contribution in [0.4, 0.5) is 5.69 Å². The van der Waals surface area contributed by atoms with Crippen LogP contribution in [-0.2, 0) is 9.53 Å². The molecule has 0 atom stereocenters. The van der Waals surface area contributed by atoms with Crippen LogP contribution in [0.15, 0.2) is 18.2 Å². The summed E-state index contributed by atoms with van der Waals surface area (Å²) in [5.41, 5.74) is 1.96. The fourth-order valence-corrected chi connectivity index (χ4v) is 1.62. The van der Waals surface area contributed by atoms with Gasteiger partial charge in [0.2, 0.25) is 5.91 Å². The summed E-state index contributed by atoms with van der Waals surface area (Å²) in [6.07, 6.45) is 0.265. The minimum absolute atomic E-state index is 0.142. The molecule has 0 aliphatic carbocycles. The number of nitrogens with one attached hydrogen (secondary N) is 1. The van der Waals surface area contributed by atoms with Crippen molar-refractivity contribution >= 4 is 29.2 Å². The van der Waals surface area contributed by atoms with Gasteiger partial charge in [0.15, 0.2) is 0 Å². The van der Waals surface area contributed by atoms with Crippen molar-refractivity contribution in [3.8, 4) is 0 Å². The molecule has 98 valence electrons. The molecule has 5 heteroatoms. The van der Waals surface area contributed by atoms with E-state index >= 15 is 0 Å². The highest BCUT2D eigenvalue weighted by Gasteiger charge is 2.09. The Kier molecular flexibility index (Phi) is 5.65. The molecule has 0 spiro atoms. The fraction of sp³-hybridized carbons (Fsp3) is 0.385. The van der Waals surface area contributed by atoms with Gasteiger partial charge in [0.25, 0.3) is 0 Å². The van der Waals surface area contributed by atoms with Gasteiger partial charge in [-0.1, -0.05) is 0 Å². The summed E-state index contributed by atoms with van der Waals surface area (Å²) in [6.45, 7) is 3.91. The molecular formula is C13H16ClNO3. The van der Waals surface area contributed by atoms with Crippen LogP contribution < -0.4 is 5.32 Å². The molecule has 1 aromatic rings. The van der Waals surface area contributed by atoms with Gasteiger partial charge >= 0.3 is 5.97 Å². The lowest BCUT2D eigenvalue weighted by atomic mass is 10.1. The van der Waals surface area contributed by atoms with Gasteiger partial charge in [-0.25, -0.2) is 4.79 Å². The molecule has 0 saturated heterocycles. The first-order chi connectivity index (χ1) is 8.58. The van der Waals surface area contributed by atoms with Gasteiger partial charge in [0, 0.05) is 18.0 Å². The molecule has 4 nitrogen and oxygen atoms in total. The Morgan fingerprint density at radius 2 is 2.11 bits per heavy atom. The second kappa shape index (κ2) is 7.01. The van der Waals surface area contributed by atoms with E-state index in [1.807, 2.05) is 6.92 Å². The highest BCUT2D eigenvalue weighted by Crippen LogP contribution is 2.17.